The molecule has 1 N–H and O–H groups in total. The smallest absolute Gasteiger partial charge is 0.309 e. The fraction of sp³-hybridized carbons (Fsp3) is 0.917. The molecule has 0 saturated heterocycles. The average Bonchev–Trinajstić information content (AvgIpc) is 2.31. The van der Waals surface area contributed by atoms with Crippen molar-refractivity contribution in [2.24, 2.45) is 29.1 Å². The van der Waals surface area contributed by atoms with Gasteiger partial charge in [-0.2, -0.15) is 0 Å². The normalized spacial score (nSPS) is 54.9. The van der Waals surface area contributed by atoms with Crippen LogP contribution in [0.1, 0.15) is 39.0 Å². The summed E-state index contributed by atoms with van der Waals surface area (Å²) in [7, 11) is 0. The second-order valence-corrected chi connectivity index (χ2v) is 6.03. The topological polar surface area (TPSA) is 37.3 Å². The van der Waals surface area contributed by atoms with E-state index in [0.717, 1.165) is 36.5 Å². The lowest BCUT2D eigenvalue weighted by Crippen LogP contribution is -2.39. The Balaban J connectivity index is 1.88. The molecule has 3 rings (SSSR count). The molecule has 3 saturated carbocycles. The first-order valence-electron chi connectivity index (χ1n) is 5.82. The minimum absolute atomic E-state index is 0.407. The van der Waals surface area contributed by atoms with Crippen LogP contribution in [0, 0.1) is 29.1 Å². The summed E-state index contributed by atoms with van der Waals surface area (Å²) in [6.45, 7) is 1.96. The van der Waals surface area contributed by atoms with Crippen molar-refractivity contribution in [3.8, 4) is 0 Å². The van der Waals surface area contributed by atoms with Crippen LogP contribution in [0.25, 0.3) is 0 Å². The van der Waals surface area contributed by atoms with Gasteiger partial charge in [-0.25, -0.2) is 0 Å². The molecule has 3 aliphatic carbocycles. The average molecular weight is 194 g/mol. The summed E-state index contributed by atoms with van der Waals surface area (Å²) in [5, 5.41) is 9.29. The van der Waals surface area contributed by atoms with Gasteiger partial charge in [0.1, 0.15) is 0 Å². The summed E-state index contributed by atoms with van der Waals surface area (Å²) in [4.78, 5) is 11.3. The Labute approximate surface area is 84.7 Å². The largest absolute Gasteiger partial charge is 0.481 e. The third-order valence-corrected chi connectivity index (χ3v) is 5.03. The van der Waals surface area contributed by atoms with Crippen molar-refractivity contribution < 1.29 is 9.90 Å². The zero-order valence-electron chi connectivity index (χ0n) is 8.70. The molecule has 2 heteroatoms. The van der Waals surface area contributed by atoms with Gasteiger partial charge in [-0.15, -0.1) is 0 Å². The van der Waals surface area contributed by atoms with Crippen LogP contribution >= 0.6 is 0 Å². The first kappa shape index (κ1) is 8.75. The predicted molar refractivity (Wildman–Crippen MR) is 52.8 cm³/mol. The van der Waals surface area contributed by atoms with Crippen molar-refractivity contribution in [1.29, 1.82) is 0 Å². The fourth-order valence-electron chi connectivity index (χ4n) is 4.37. The van der Waals surface area contributed by atoms with Gasteiger partial charge in [0.25, 0.3) is 0 Å². The van der Waals surface area contributed by atoms with Crippen LogP contribution < -0.4 is 0 Å². The molecular weight excluding hydrogens is 176 g/mol. The van der Waals surface area contributed by atoms with Gasteiger partial charge in [-0.1, -0.05) is 0 Å². The number of carboxylic acid groups (broad SMARTS) is 1. The third-order valence-electron chi connectivity index (χ3n) is 5.03. The highest BCUT2D eigenvalue weighted by Crippen LogP contribution is 2.61. The maximum absolute atomic E-state index is 11.3. The van der Waals surface area contributed by atoms with Gasteiger partial charge in [0.2, 0.25) is 0 Å². The van der Waals surface area contributed by atoms with E-state index in [4.69, 9.17) is 0 Å². The molecule has 3 fully saturated rings. The van der Waals surface area contributed by atoms with E-state index in [2.05, 4.69) is 0 Å². The Bertz CT molecular complexity index is 280. The first-order valence-corrected chi connectivity index (χ1v) is 5.82. The van der Waals surface area contributed by atoms with E-state index in [9.17, 15) is 9.90 Å². The predicted octanol–water partition coefficient (Wildman–Crippen LogP) is 2.53. The summed E-state index contributed by atoms with van der Waals surface area (Å²) in [6, 6.07) is 0. The number of hydrogen-bond acceptors (Lipinski definition) is 1. The second kappa shape index (κ2) is 2.53. The highest BCUT2D eigenvalue weighted by molar-refractivity contribution is 5.74. The Hall–Kier alpha value is -0.530. The van der Waals surface area contributed by atoms with E-state index >= 15 is 0 Å². The van der Waals surface area contributed by atoms with Crippen molar-refractivity contribution in [3.05, 3.63) is 0 Å². The molecular formula is C12H18O2. The SMILES string of the molecule is CC1(C(=O)O)CC2CC3CC(C1)C3C2. The fourth-order valence-corrected chi connectivity index (χ4v) is 4.37. The number of fused-ring (bicyclic) bond motifs is 1. The minimum atomic E-state index is -0.562. The Morgan fingerprint density at radius 3 is 2.71 bits per heavy atom. The minimum Gasteiger partial charge on any atom is -0.481 e. The Kier molecular flexibility index (Phi) is 1.58. The van der Waals surface area contributed by atoms with Crippen LogP contribution in [0.4, 0.5) is 0 Å². The van der Waals surface area contributed by atoms with Crippen LogP contribution in [0.15, 0.2) is 0 Å². The zero-order chi connectivity index (χ0) is 9.92. The molecule has 0 radical (unpaired) electrons. The van der Waals surface area contributed by atoms with E-state index < -0.39 is 11.4 Å². The summed E-state index contributed by atoms with van der Waals surface area (Å²) < 4.78 is 0. The highest BCUT2D eigenvalue weighted by atomic mass is 16.4. The lowest BCUT2D eigenvalue weighted by molar-refractivity contribution is -0.151. The summed E-state index contributed by atoms with van der Waals surface area (Å²) in [5.74, 6) is 2.78. The van der Waals surface area contributed by atoms with Gasteiger partial charge in [-0.05, 0) is 62.7 Å². The van der Waals surface area contributed by atoms with Crippen molar-refractivity contribution >= 4 is 5.97 Å². The molecule has 0 aromatic heterocycles. The van der Waals surface area contributed by atoms with E-state index in [1.54, 1.807) is 0 Å². The van der Waals surface area contributed by atoms with Crippen LogP contribution in [-0.2, 0) is 4.79 Å². The number of aliphatic carboxylic acids is 1. The monoisotopic (exact) mass is 194 g/mol. The number of carbonyl (C=O) groups is 1. The van der Waals surface area contributed by atoms with Gasteiger partial charge >= 0.3 is 5.97 Å². The molecule has 3 aliphatic rings. The van der Waals surface area contributed by atoms with Gasteiger partial charge in [0, 0.05) is 0 Å². The van der Waals surface area contributed by atoms with Gasteiger partial charge in [0.15, 0.2) is 0 Å². The number of carboxylic acids is 1. The Morgan fingerprint density at radius 2 is 2.00 bits per heavy atom. The van der Waals surface area contributed by atoms with Crippen molar-refractivity contribution in [2.45, 2.75) is 39.0 Å². The summed E-state index contributed by atoms with van der Waals surface area (Å²) in [6.07, 6.45) is 5.86. The molecule has 0 aromatic rings. The zero-order valence-corrected chi connectivity index (χ0v) is 8.70. The molecule has 2 nitrogen and oxygen atoms in total. The molecule has 14 heavy (non-hydrogen) atoms. The lowest BCUT2D eigenvalue weighted by atomic mass is 9.60. The summed E-state index contributed by atoms with van der Waals surface area (Å²) >= 11 is 0. The molecule has 0 amide bonds. The molecule has 0 spiro atoms. The molecule has 5 unspecified atom stereocenters. The van der Waals surface area contributed by atoms with Crippen molar-refractivity contribution in [2.75, 3.05) is 0 Å². The van der Waals surface area contributed by atoms with Gasteiger partial charge < -0.3 is 5.11 Å². The van der Waals surface area contributed by atoms with Crippen LogP contribution in [0.5, 0.6) is 0 Å². The van der Waals surface area contributed by atoms with Crippen molar-refractivity contribution in [1.82, 2.24) is 0 Å². The lowest BCUT2D eigenvalue weighted by Gasteiger charge is -2.44. The second-order valence-electron chi connectivity index (χ2n) is 6.03. The molecule has 0 aromatic carbocycles. The Morgan fingerprint density at radius 1 is 1.21 bits per heavy atom. The van der Waals surface area contributed by atoms with E-state index in [1.165, 1.54) is 19.3 Å². The number of hydrogen-bond donors (Lipinski definition) is 1. The van der Waals surface area contributed by atoms with E-state index in [0.29, 0.717) is 0 Å². The van der Waals surface area contributed by atoms with Crippen LogP contribution in [0.2, 0.25) is 0 Å². The third kappa shape index (κ3) is 0.999. The quantitative estimate of drug-likeness (QED) is 0.696. The van der Waals surface area contributed by atoms with Crippen LogP contribution in [-0.4, -0.2) is 11.1 Å². The van der Waals surface area contributed by atoms with Crippen molar-refractivity contribution in [3.63, 3.8) is 0 Å². The molecule has 0 heterocycles. The number of rotatable bonds is 1. The molecule has 5 atom stereocenters. The first-order chi connectivity index (χ1) is 6.58. The molecule has 2 bridgehead atoms. The molecule has 0 aliphatic heterocycles. The molecule has 78 valence electrons. The van der Waals surface area contributed by atoms with E-state index in [1.807, 2.05) is 6.92 Å². The van der Waals surface area contributed by atoms with Gasteiger partial charge in [-0.3, -0.25) is 4.79 Å². The van der Waals surface area contributed by atoms with E-state index in [-0.39, 0.29) is 0 Å². The summed E-state index contributed by atoms with van der Waals surface area (Å²) in [5.41, 5.74) is -0.407. The standard InChI is InChI=1S/C12H18O2/c1-12(11(13)14)5-7-2-8-4-9(6-12)10(8)3-7/h7-10H,2-6H2,1H3,(H,13,14). The van der Waals surface area contributed by atoms with Gasteiger partial charge in [0.05, 0.1) is 5.41 Å². The maximum atomic E-state index is 11.3. The van der Waals surface area contributed by atoms with Crippen LogP contribution in [0.3, 0.4) is 0 Å². The maximum Gasteiger partial charge on any atom is 0.309 e. The highest BCUT2D eigenvalue weighted by Gasteiger charge is 2.55.